The van der Waals surface area contributed by atoms with Crippen LogP contribution in [0.25, 0.3) is 0 Å². The second-order valence-corrected chi connectivity index (χ2v) is 6.62. The minimum atomic E-state index is -0.780. The number of likely N-dealkylation sites (tertiary alicyclic amines) is 1. The van der Waals surface area contributed by atoms with Gasteiger partial charge in [-0.25, -0.2) is 4.79 Å². The van der Waals surface area contributed by atoms with Gasteiger partial charge in [0.15, 0.2) is 0 Å². The molecule has 1 aromatic carbocycles. The topological polar surface area (TPSA) is 79.3 Å². The van der Waals surface area contributed by atoms with Gasteiger partial charge in [-0.15, -0.1) is 0 Å². The normalized spacial score (nSPS) is 19.8. The third kappa shape index (κ3) is 4.63. The standard InChI is InChI=1S/C18H24N2O5/c21-16(22)6-9-19-10-7-18(8-11-19)14-20(17(23)25-18)12-13-24-15-4-2-1-3-5-15/h1-5H,6-14H2,(H,21,22). The number of para-hydroxylation sites is 1. The highest BCUT2D eigenvalue weighted by Gasteiger charge is 2.46. The molecule has 2 fully saturated rings. The number of carboxylic acid groups (broad SMARTS) is 1. The zero-order valence-electron chi connectivity index (χ0n) is 14.2. The van der Waals surface area contributed by atoms with Crippen molar-refractivity contribution in [3.63, 3.8) is 0 Å². The Kier molecular flexibility index (Phi) is 5.43. The van der Waals surface area contributed by atoms with E-state index in [1.807, 2.05) is 30.3 Å². The fraction of sp³-hybridized carbons (Fsp3) is 0.556. The number of carbonyl (C=O) groups is 2. The van der Waals surface area contributed by atoms with E-state index in [9.17, 15) is 9.59 Å². The Hall–Kier alpha value is -2.28. The highest BCUT2D eigenvalue weighted by molar-refractivity contribution is 5.70. The first-order chi connectivity index (χ1) is 12.1. The number of rotatable bonds is 7. The fourth-order valence-corrected chi connectivity index (χ4v) is 3.35. The molecule has 7 heteroatoms. The molecule has 0 atom stereocenters. The van der Waals surface area contributed by atoms with Crippen molar-refractivity contribution in [2.24, 2.45) is 0 Å². The maximum Gasteiger partial charge on any atom is 0.410 e. The van der Waals surface area contributed by atoms with Gasteiger partial charge in [0, 0.05) is 32.5 Å². The number of piperidine rings is 1. The lowest BCUT2D eigenvalue weighted by Gasteiger charge is -2.37. The molecule has 136 valence electrons. The molecule has 2 saturated heterocycles. The molecule has 0 radical (unpaired) electrons. The van der Waals surface area contributed by atoms with E-state index in [0.717, 1.165) is 31.7 Å². The van der Waals surface area contributed by atoms with Crippen LogP contribution in [-0.4, -0.2) is 71.9 Å². The summed E-state index contributed by atoms with van der Waals surface area (Å²) < 4.78 is 11.3. The molecule has 1 amide bonds. The number of carbonyl (C=O) groups excluding carboxylic acids is 1. The number of ether oxygens (including phenoxy) is 2. The molecule has 0 bridgehead atoms. The molecular weight excluding hydrogens is 324 g/mol. The molecule has 0 unspecified atom stereocenters. The van der Waals surface area contributed by atoms with Crippen molar-refractivity contribution in [2.75, 3.05) is 39.3 Å². The predicted molar refractivity (Wildman–Crippen MR) is 90.6 cm³/mol. The van der Waals surface area contributed by atoms with Gasteiger partial charge in [-0.3, -0.25) is 4.79 Å². The summed E-state index contributed by atoms with van der Waals surface area (Å²) in [5.74, 6) is 0.00804. The molecule has 1 aromatic rings. The maximum atomic E-state index is 12.1. The molecule has 1 spiro atoms. The van der Waals surface area contributed by atoms with Gasteiger partial charge in [0.05, 0.1) is 19.5 Å². The van der Waals surface area contributed by atoms with Crippen molar-refractivity contribution in [1.29, 1.82) is 0 Å². The zero-order chi connectivity index (χ0) is 17.7. The molecule has 3 rings (SSSR count). The Balaban J connectivity index is 1.43. The second-order valence-electron chi connectivity index (χ2n) is 6.62. The highest BCUT2D eigenvalue weighted by atomic mass is 16.6. The van der Waals surface area contributed by atoms with E-state index in [1.165, 1.54) is 0 Å². The summed E-state index contributed by atoms with van der Waals surface area (Å²) >= 11 is 0. The Labute approximate surface area is 147 Å². The van der Waals surface area contributed by atoms with Crippen LogP contribution in [0.4, 0.5) is 4.79 Å². The average molecular weight is 348 g/mol. The largest absolute Gasteiger partial charge is 0.492 e. The van der Waals surface area contributed by atoms with Crippen LogP contribution in [0.2, 0.25) is 0 Å². The molecule has 2 aliphatic rings. The van der Waals surface area contributed by atoms with E-state index in [1.54, 1.807) is 4.90 Å². The SMILES string of the molecule is O=C(O)CCN1CCC2(CC1)CN(CCOc1ccccc1)C(=O)O2. The van der Waals surface area contributed by atoms with E-state index < -0.39 is 11.6 Å². The van der Waals surface area contributed by atoms with Crippen LogP contribution in [0.3, 0.4) is 0 Å². The van der Waals surface area contributed by atoms with Crippen molar-refractivity contribution in [1.82, 2.24) is 9.80 Å². The summed E-state index contributed by atoms with van der Waals surface area (Å²) in [5, 5.41) is 8.77. The van der Waals surface area contributed by atoms with Gasteiger partial charge in [-0.1, -0.05) is 18.2 Å². The van der Waals surface area contributed by atoms with Crippen LogP contribution in [0.1, 0.15) is 19.3 Å². The lowest BCUT2D eigenvalue weighted by molar-refractivity contribution is -0.137. The first kappa shape index (κ1) is 17.5. The molecular formula is C18H24N2O5. The molecule has 2 aliphatic heterocycles. The van der Waals surface area contributed by atoms with Gasteiger partial charge in [0.2, 0.25) is 0 Å². The Morgan fingerprint density at radius 1 is 1.20 bits per heavy atom. The first-order valence-electron chi connectivity index (χ1n) is 8.66. The van der Waals surface area contributed by atoms with Crippen molar-refractivity contribution >= 4 is 12.1 Å². The fourth-order valence-electron chi connectivity index (χ4n) is 3.35. The van der Waals surface area contributed by atoms with Gasteiger partial charge in [-0.2, -0.15) is 0 Å². The third-order valence-electron chi connectivity index (χ3n) is 4.82. The Bertz CT molecular complexity index is 599. The second kappa shape index (κ2) is 7.74. The highest BCUT2D eigenvalue weighted by Crippen LogP contribution is 2.33. The third-order valence-corrected chi connectivity index (χ3v) is 4.82. The molecule has 0 aromatic heterocycles. The number of amides is 1. The quantitative estimate of drug-likeness (QED) is 0.810. The molecule has 1 N–H and O–H groups in total. The van der Waals surface area contributed by atoms with Gasteiger partial charge < -0.3 is 24.4 Å². The Morgan fingerprint density at radius 3 is 2.60 bits per heavy atom. The van der Waals surface area contributed by atoms with Crippen LogP contribution < -0.4 is 4.74 Å². The average Bonchev–Trinajstić information content (AvgIpc) is 2.91. The van der Waals surface area contributed by atoms with Crippen molar-refractivity contribution in [3.8, 4) is 5.75 Å². The summed E-state index contributed by atoms with van der Waals surface area (Å²) in [6.45, 7) is 3.58. The van der Waals surface area contributed by atoms with Crippen molar-refractivity contribution in [3.05, 3.63) is 30.3 Å². The molecule has 25 heavy (non-hydrogen) atoms. The maximum absolute atomic E-state index is 12.1. The number of aliphatic carboxylic acids is 1. The zero-order valence-corrected chi connectivity index (χ0v) is 14.2. The Morgan fingerprint density at radius 2 is 1.92 bits per heavy atom. The minimum Gasteiger partial charge on any atom is -0.492 e. The van der Waals surface area contributed by atoms with Crippen LogP contribution in [0, 0.1) is 0 Å². The van der Waals surface area contributed by atoms with Crippen LogP contribution in [-0.2, 0) is 9.53 Å². The lowest BCUT2D eigenvalue weighted by atomic mass is 9.91. The first-order valence-corrected chi connectivity index (χ1v) is 8.66. The summed E-state index contributed by atoms with van der Waals surface area (Å²) in [7, 11) is 0. The summed E-state index contributed by atoms with van der Waals surface area (Å²) in [6.07, 6.45) is 1.36. The lowest BCUT2D eigenvalue weighted by Crippen LogP contribution is -2.47. The van der Waals surface area contributed by atoms with E-state index in [2.05, 4.69) is 4.90 Å². The number of carboxylic acids is 1. The van der Waals surface area contributed by atoms with E-state index in [4.69, 9.17) is 14.6 Å². The molecule has 0 aliphatic carbocycles. The van der Waals surface area contributed by atoms with Gasteiger partial charge >= 0.3 is 12.1 Å². The van der Waals surface area contributed by atoms with Crippen LogP contribution >= 0.6 is 0 Å². The van der Waals surface area contributed by atoms with E-state index in [-0.39, 0.29) is 12.5 Å². The summed E-state index contributed by atoms with van der Waals surface area (Å²) in [4.78, 5) is 26.6. The van der Waals surface area contributed by atoms with Gasteiger partial charge in [0.25, 0.3) is 0 Å². The summed E-state index contributed by atoms with van der Waals surface area (Å²) in [5.41, 5.74) is -0.427. The van der Waals surface area contributed by atoms with Crippen LogP contribution in [0.15, 0.2) is 30.3 Å². The monoisotopic (exact) mass is 348 g/mol. The minimum absolute atomic E-state index is 0.149. The van der Waals surface area contributed by atoms with Gasteiger partial charge in [0.1, 0.15) is 18.0 Å². The van der Waals surface area contributed by atoms with E-state index >= 15 is 0 Å². The van der Waals surface area contributed by atoms with Crippen LogP contribution in [0.5, 0.6) is 5.75 Å². The molecule has 7 nitrogen and oxygen atoms in total. The number of hydrogen-bond donors (Lipinski definition) is 1. The number of nitrogens with zero attached hydrogens (tertiary/aromatic N) is 2. The summed E-state index contributed by atoms with van der Waals surface area (Å²) in [6, 6.07) is 9.52. The number of benzene rings is 1. The molecule has 0 saturated carbocycles. The number of hydrogen-bond acceptors (Lipinski definition) is 5. The van der Waals surface area contributed by atoms with Crippen molar-refractivity contribution < 1.29 is 24.2 Å². The van der Waals surface area contributed by atoms with E-state index in [0.29, 0.717) is 26.2 Å². The predicted octanol–water partition coefficient (Wildman–Crippen LogP) is 1.83. The molecule has 2 heterocycles. The van der Waals surface area contributed by atoms with Gasteiger partial charge in [-0.05, 0) is 12.1 Å². The smallest absolute Gasteiger partial charge is 0.410 e. The van der Waals surface area contributed by atoms with Crippen molar-refractivity contribution in [2.45, 2.75) is 24.9 Å².